The second-order valence-corrected chi connectivity index (χ2v) is 5.27. The minimum absolute atomic E-state index is 0.0284. The molecule has 1 aliphatic carbocycles. The van der Waals surface area contributed by atoms with Gasteiger partial charge in [0.25, 0.3) is 0 Å². The van der Waals surface area contributed by atoms with Crippen molar-refractivity contribution in [1.82, 2.24) is 0 Å². The van der Waals surface area contributed by atoms with Crippen LogP contribution in [0, 0.1) is 23.5 Å². The SMILES string of the molecule is NCC1CCCCC1C(=O)Cc1ccc(F)cc1F. The summed E-state index contributed by atoms with van der Waals surface area (Å²) in [5.74, 6) is -1.09. The van der Waals surface area contributed by atoms with Gasteiger partial charge in [-0.3, -0.25) is 4.79 Å². The van der Waals surface area contributed by atoms with Crippen molar-refractivity contribution in [2.75, 3.05) is 6.54 Å². The molecule has 1 aromatic rings. The number of rotatable bonds is 4. The third kappa shape index (κ3) is 3.38. The van der Waals surface area contributed by atoms with Gasteiger partial charge < -0.3 is 5.73 Å². The fourth-order valence-corrected chi connectivity index (χ4v) is 2.90. The Morgan fingerprint density at radius 1 is 1.26 bits per heavy atom. The van der Waals surface area contributed by atoms with E-state index in [-0.39, 0.29) is 29.6 Å². The summed E-state index contributed by atoms with van der Waals surface area (Å²) >= 11 is 0. The van der Waals surface area contributed by atoms with E-state index >= 15 is 0 Å². The standard InChI is InChI=1S/C15H19F2NO/c16-12-6-5-10(14(17)8-12)7-15(19)13-4-2-1-3-11(13)9-18/h5-6,8,11,13H,1-4,7,9,18H2. The number of Topliss-reactive ketones (excluding diaryl/α,β-unsaturated/α-hetero) is 1. The van der Waals surface area contributed by atoms with Gasteiger partial charge in [-0.2, -0.15) is 0 Å². The number of ketones is 1. The molecule has 2 rings (SSSR count). The highest BCUT2D eigenvalue weighted by molar-refractivity contribution is 5.83. The summed E-state index contributed by atoms with van der Waals surface area (Å²) in [6, 6.07) is 3.36. The van der Waals surface area contributed by atoms with E-state index in [9.17, 15) is 13.6 Å². The summed E-state index contributed by atoms with van der Waals surface area (Å²) < 4.78 is 26.4. The van der Waals surface area contributed by atoms with E-state index in [0.717, 1.165) is 31.7 Å². The second-order valence-electron chi connectivity index (χ2n) is 5.27. The van der Waals surface area contributed by atoms with E-state index in [0.29, 0.717) is 6.54 Å². The maximum atomic E-state index is 13.5. The molecule has 2 atom stereocenters. The third-order valence-corrected chi connectivity index (χ3v) is 4.01. The largest absolute Gasteiger partial charge is 0.330 e. The lowest BCUT2D eigenvalue weighted by molar-refractivity contribution is -0.124. The molecule has 1 aromatic carbocycles. The Morgan fingerprint density at radius 3 is 2.68 bits per heavy atom. The highest BCUT2D eigenvalue weighted by atomic mass is 19.1. The molecule has 0 amide bonds. The molecule has 4 heteroatoms. The molecule has 1 saturated carbocycles. The number of nitrogens with two attached hydrogens (primary N) is 1. The molecule has 1 fully saturated rings. The van der Waals surface area contributed by atoms with Gasteiger partial charge in [-0.05, 0) is 36.9 Å². The Balaban J connectivity index is 2.07. The molecule has 0 bridgehead atoms. The van der Waals surface area contributed by atoms with Crippen molar-refractivity contribution in [3.05, 3.63) is 35.4 Å². The van der Waals surface area contributed by atoms with Gasteiger partial charge in [-0.1, -0.05) is 18.9 Å². The van der Waals surface area contributed by atoms with Crippen LogP contribution in [-0.2, 0) is 11.2 Å². The van der Waals surface area contributed by atoms with Crippen molar-refractivity contribution in [2.24, 2.45) is 17.6 Å². The quantitative estimate of drug-likeness (QED) is 0.911. The van der Waals surface area contributed by atoms with Crippen LogP contribution in [-0.4, -0.2) is 12.3 Å². The Bertz CT molecular complexity index is 461. The molecule has 104 valence electrons. The van der Waals surface area contributed by atoms with Crippen LogP contribution in [0.1, 0.15) is 31.2 Å². The van der Waals surface area contributed by atoms with Crippen LogP contribution in [0.25, 0.3) is 0 Å². The number of benzene rings is 1. The van der Waals surface area contributed by atoms with E-state index in [1.807, 2.05) is 0 Å². The molecule has 0 aromatic heterocycles. The molecule has 1 aliphatic rings. The Hall–Kier alpha value is -1.29. The zero-order valence-corrected chi connectivity index (χ0v) is 10.9. The zero-order chi connectivity index (χ0) is 13.8. The zero-order valence-electron chi connectivity index (χ0n) is 10.9. The lowest BCUT2D eigenvalue weighted by Crippen LogP contribution is -2.33. The van der Waals surface area contributed by atoms with Crippen molar-refractivity contribution in [3.63, 3.8) is 0 Å². The molecule has 0 spiro atoms. The number of hydrogen-bond donors (Lipinski definition) is 1. The van der Waals surface area contributed by atoms with Gasteiger partial charge in [0.1, 0.15) is 17.4 Å². The number of carbonyl (C=O) groups excluding carboxylic acids is 1. The first-order chi connectivity index (χ1) is 9.11. The Labute approximate surface area is 112 Å². The van der Waals surface area contributed by atoms with Gasteiger partial charge in [0.15, 0.2) is 0 Å². The summed E-state index contributed by atoms with van der Waals surface area (Å²) in [6.45, 7) is 0.502. The van der Waals surface area contributed by atoms with E-state index in [1.165, 1.54) is 12.1 Å². The molecule has 0 saturated heterocycles. The van der Waals surface area contributed by atoms with E-state index in [4.69, 9.17) is 5.73 Å². The fraction of sp³-hybridized carbons (Fsp3) is 0.533. The third-order valence-electron chi connectivity index (χ3n) is 4.01. The van der Waals surface area contributed by atoms with E-state index in [2.05, 4.69) is 0 Å². The lowest BCUT2D eigenvalue weighted by Gasteiger charge is -2.29. The minimum atomic E-state index is -0.645. The van der Waals surface area contributed by atoms with Gasteiger partial charge in [0, 0.05) is 18.4 Å². The summed E-state index contributed by atoms with van der Waals surface area (Å²) in [5, 5.41) is 0. The average molecular weight is 267 g/mol. The minimum Gasteiger partial charge on any atom is -0.330 e. The van der Waals surface area contributed by atoms with Gasteiger partial charge in [-0.15, -0.1) is 0 Å². The smallest absolute Gasteiger partial charge is 0.140 e. The molecular formula is C15H19F2NO. The number of halogens is 2. The van der Waals surface area contributed by atoms with Crippen LogP contribution in [0.3, 0.4) is 0 Å². The molecule has 0 radical (unpaired) electrons. The number of carbonyl (C=O) groups is 1. The highest BCUT2D eigenvalue weighted by Crippen LogP contribution is 2.31. The Kier molecular flexibility index (Phi) is 4.64. The van der Waals surface area contributed by atoms with Crippen molar-refractivity contribution in [1.29, 1.82) is 0 Å². The van der Waals surface area contributed by atoms with Crippen LogP contribution >= 0.6 is 0 Å². The predicted molar refractivity (Wildman–Crippen MR) is 69.6 cm³/mol. The van der Waals surface area contributed by atoms with E-state index in [1.54, 1.807) is 0 Å². The van der Waals surface area contributed by atoms with Crippen molar-refractivity contribution in [3.8, 4) is 0 Å². The molecule has 2 N–H and O–H groups in total. The topological polar surface area (TPSA) is 43.1 Å². The van der Waals surface area contributed by atoms with Crippen LogP contribution in [0.15, 0.2) is 18.2 Å². The van der Waals surface area contributed by atoms with Crippen molar-refractivity contribution < 1.29 is 13.6 Å². The average Bonchev–Trinajstić information content (AvgIpc) is 2.41. The molecule has 19 heavy (non-hydrogen) atoms. The lowest BCUT2D eigenvalue weighted by atomic mass is 9.76. The van der Waals surface area contributed by atoms with Gasteiger partial charge in [0.05, 0.1) is 0 Å². The van der Waals surface area contributed by atoms with Crippen molar-refractivity contribution >= 4 is 5.78 Å². The molecule has 2 nitrogen and oxygen atoms in total. The van der Waals surface area contributed by atoms with Crippen LogP contribution < -0.4 is 5.73 Å². The summed E-state index contributed by atoms with van der Waals surface area (Å²) in [6.07, 6.45) is 3.98. The fourth-order valence-electron chi connectivity index (χ4n) is 2.90. The normalized spacial score (nSPS) is 23.3. The van der Waals surface area contributed by atoms with E-state index < -0.39 is 11.6 Å². The molecular weight excluding hydrogens is 248 g/mol. The van der Waals surface area contributed by atoms with Crippen molar-refractivity contribution in [2.45, 2.75) is 32.1 Å². The van der Waals surface area contributed by atoms with Gasteiger partial charge in [-0.25, -0.2) is 8.78 Å². The maximum Gasteiger partial charge on any atom is 0.140 e. The maximum absolute atomic E-state index is 13.5. The molecule has 0 heterocycles. The first-order valence-corrected chi connectivity index (χ1v) is 6.78. The van der Waals surface area contributed by atoms with Gasteiger partial charge in [0.2, 0.25) is 0 Å². The van der Waals surface area contributed by atoms with Crippen LogP contribution in [0.5, 0.6) is 0 Å². The highest BCUT2D eigenvalue weighted by Gasteiger charge is 2.29. The summed E-state index contributed by atoms with van der Waals surface area (Å²) in [4.78, 5) is 12.3. The Morgan fingerprint density at radius 2 is 2.00 bits per heavy atom. The first-order valence-electron chi connectivity index (χ1n) is 6.78. The number of hydrogen-bond acceptors (Lipinski definition) is 2. The molecule has 2 unspecified atom stereocenters. The molecule has 0 aliphatic heterocycles. The first kappa shape index (κ1) is 14.1. The van der Waals surface area contributed by atoms with Crippen LogP contribution in [0.2, 0.25) is 0 Å². The summed E-state index contributed by atoms with van der Waals surface area (Å²) in [5.41, 5.74) is 5.97. The monoisotopic (exact) mass is 267 g/mol. The van der Waals surface area contributed by atoms with Crippen LogP contribution in [0.4, 0.5) is 8.78 Å². The summed E-state index contributed by atoms with van der Waals surface area (Å²) in [7, 11) is 0. The van der Waals surface area contributed by atoms with Gasteiger partial charge >= 0.3 is 0 Å². The second kappa shape index (κ2) is 6.24. The predicted octanol–water partition coefficient (Wildman–Crippen LogP) is 2.84.